The highest BCUT2D eigenvalue weighted by molar-refractivity contribution is 5.78. The van der Waals surface area contributed by atoms with Gasteiger partial charge in [-0.1, -0.05) is 12.1 Å². The molecule has 1 fully saturated rings. The number of carbonyl (C=O) groups excluding carboxylic acids is 1. The second kappa shape index (κ2) is 6.98. The lowest BCUT2D eigenvalue weighted by Crippen LogP contribution is -2.49. The van der Waals surface area contributed by atoms with E-state index in [2.05, 4.69) is 22.2 Å². The fourth-order valence-electron chi connectivity index (χ4n) is 2.66. The number of likely N-dealkylation sites (N-methyl/N-ethyl adjacent to an activating group) is 1. The average Bonchev–Trinajstić information content (AvgIpc) is 2.55. The first-order chi connectivity index (χ1) is 10.7. The van der Waals surface area contributed by atoms with Crippen LogP contribution in [0.3, 0.4) is 0 Å². The topological polar surface area (TPSA) is 54.0 Å². The van der Waals surface area contributed by atoms with E-state index in [0.717, 1.165) is 37.7 Å². The lowest BCUT2D eigenvalue weighted by Gasteiger charge is -2.32. The van der Waals surface area contributed by atoms with E-state index in [1.54, 1.807) is 0 Å². The molecule has 22 heavy (non-hydrogen) atoms. The van der Waals surface area contributed by atoms with Gasteiger partial charge < -0.3 is 19.7 Å². The molecule has 0 radical (unpaired) electrons. The van der Waals surface area contributed by atoms with Gasteiger partial charge in [-0.2, -0.15) is 0 Å². The van der Waals surface area contributed by atoms with Gasteiger partial charge in [-0.3, -0.25) is 9.69 Å². The average molecular weight is 305 g/mol. The highest BCUT2D eigenvalue weighted by atomic mass is 16.6. The summed E-state index contributed by atoms with van der Waals surface area (Å²) in [6, 6.07) is 7.60. The van der Waals surface area contributed by atoms with Crippen LogP contribution < -0.4 is 14.8 Å². The number of piperazine rings is 1. The van der Waals surface area contributed by atoms with Crippen molar-refractivity contribution in [3.05, 3.63) is 24.3 Å². The Labute approximate surface area is 131 Å². The van der Waals surface area contributed by atoms with Crippen LogP contribution in [-0.4, -0.2) is 74.7 Å². The van der Waals surface area contributed by atoms with Gasteiger partial charge in [0.2, 0.25) is 5.91 Å². The smallest absolute Gasteiger partial charge is 0.234 e. The van der Waals surface area contributed by atoms with Crippen LogP contribution >= 0.6 is 0 Å². The fraction of sp³-hybridized carbons (Fsp3) is 0.562. The van der Waals surface area contributed by atoms with Crippen LogP contribution in [0.5, 0.6) is 11.5 Å². The Morgan fingerprint density at radius 2 is 1.95 bits per heavy atom. The molecular weight excluding hydrogens is 282 g/mol. The normalized spacial score (nSPS) is 22.3. The van der Waals surface area contributed by atoms with Gasteiger partial charge in [-0.05, 0) is 19.2 Å². The number of para-hydroxylation sites is 2. The number of amides is 1. The molecule has 1 aromatic rings. The van der Waals surface area contributed by atoms with Crippen molar-refractivity contribution >= 4 is 5.91 Å². The summed E-state index contributed by atoms with van der Waals surface area (Å²) in [4.78, 5) is 16.5. The zero-order valence-corrected chi connectivity index (χ0v) is 13.0. The first-order valence-corrected chi connectivity index (χ1v) is 7.77. The fourth-order valence-corrected chi connectivity index (χ4v) is 2.66. The number of nitrogens with one attached hydrogen (secondary N) is 1. The lowest BCUT2D eigenvalue weighted by atomic mass is 10.2. The standard InChI is InChI=1S/C16H23N3O3/c1-18-6-8-19(9-7-18)11-16(20)17-10-13-12-21-14-4-2-3-5-15(14)22-13/h2-5,13H,6-12H2,1H3,(H,17,20). The maximum Gasteiger partial charge on any atom is 0.234 e. The summed E-state index contributed by atoms with van der Waals surface area (Å²) in [6.07, 6.45) is -0.133. The Morgan fingerprint density at radius 1 is 1.23 bits per heavy atom. The van der Waals surface area contributed by atoms with Gasteiger partial charge in [0.05, 0.1) is 13.1 Å². The molecule has 0 spiro atoms. The van der Waals surface area contributed by atoms with Gasteiger partial charge in [-0.25, -0.2) is 0 Å². The highest BCUT2D eigenvalue weighted by Crippen LogP contribution is 2.30. The Hall–Kier alpha value is -1.79. The summed E-state index contributed by atoms with van der Waals surface area (Å²) in [7, 11) is 2.11. The van der Waals surface area contributed by atoms with Crippen molar-refractivity contribution in [2.24, 2.45) is 0 Å². The molecule has 1 aromatic carbocycles. The first-order valence-electron chi connectivity index (χ1n) is 7.77. The molecule has 6 nitrogen and oxygen atoms in total. The molecular formula is C16H23N3O3. The number of hydrogen-bond acceptors (Lipinski definition) is 5. The number of fused-ring (bicyclic) bond motifs is 1. The Kier molecular flexibility index (Phi) is 4.80. The SMILES string of the molecule is CN1CCN(CC(=O)NCC2COc3ccccc3O2)CC1. The minimum atomic E-state index is -0.133. The van der Waals surface area contributed by atoms with Crippen LogP contribution in [0.1, 0.15) is 0 Å². The van der Waals surface area contributed by atoms with Crippen molar-refractivity contribution in [1.82, 2.24) is 15.1 Å². The van der Waals surface area contributed by atoms with Gasteiger partial charge in [0.1, 0.15) is 12.7 Å². The van der Waals surface area contributed by atoms with E-state index in [1.807, 2.05) is 24.3 Å². The molecule has 1 unspecified atom stereocenters. The highest BCUT2D eigenvalue weighted by Gasteiger charge is 2.22. The molecule has 120 valence electrons. The van der Waals surface area contributed by atoms with Crippen molar-refractivity contribution < 1.29 is 14.3 Å². The molecule has 2 aliphatic heterocycles. The predicted molar refractivity (Wildman–Crippen MR) is 83.3 cm³/mol. The van der Waals surface area contributed by atoms with Crippen LogP contribution in [0.4, 0.5) is 0 Å². The molecule has 2 heterocycles. The molecule has 3 rings (SSSR count). The first kappa shape index (κ1) is 15.1. The van der Waals surface area contributed by atoms with E-state index in [9.17, 15) is 4.79 Å². The monoisotopic (exact) mass is 305 g/mol. The number of hydrogen-bond donors (Lipinski definition) is 1. The van der Waals surface area contributed by atoms with Gasteiger partial charge in [-0.15, -0.1) is 0 Å². The van der Waals surface area contributed by atoms with E-state index < -0.39 is 0 Å². The summed E-state index contributed by atoms with van der Waals surface area (Å²) >= 11 is 0. The van der Waals surface area contributed by atoms with Crippen molar-refractivity contribution in [1.29, 1.82) is 0 Å². The molecule has 0 aromatic heterocycles. The maximum atomic E-state index is 12.0. The van der Waals surface area contributed by atoms with Crippen LogP contribution in [0, 0.1) is 0 Å². The van der Waals surface area contributed by atoms with Crippen LogP contribution in [-0.2, 0) is 4.79 Å². The number of carbonyl (C=O) groups is 1. The summed E-state index contributed by atoms with van der Waals surface area (Å²) in [6.45, 7) is 5.32. The summed E-state index contributed by atoms with van der Waals surface area (Å²) in [5, 5.41) is 2.94. The quantitative estimate of drug-likeness (QED) is 0.861. The molecule has 1 N–H and O–H groups in total. The molecule has 0 saturated carbocycles. The molecule has 1 amide bonds. The minimum absolute atomic E-state index is 0.0482. The second-order valence-electron chi connectivity index (χ2n) is 5.88. The lowest BCUT2D eigenvalue weighted by molar-refractivity contribution is -0.123. The number of nitrogens with zero attached hydrogens (tertiary/aromatic N) is 2. The summed E-state index contributed by atoms with van der Waals surface area (Å²) in [5.41, 5.74) is 0. The minimum Gasteiger partial charge on any atom is -0.486 e. The largest absolute Gasteiger partial charge is 0.486 e. The third-order valence-electron chi connectivity index (χ3n) is 4.06. The van der Waals surface area contributed by atoms with E-state index in [0.29, 0.717) is 19.7 Å². The van der Waals surface area contributed by atoms with Gasteiger partial charge in [0, 0.05) is 26.2 Å². The molecule has 0 bridgehead atoms. The number of rotatable bonds is 4. The third kappa shape index (κ3) is 3.90. The van der Waals surface area contributed by atoms with E-state index in [4.69, 9.17) is 9.47 Å². The molecule has 1 atom stereocenters. The van der Waals surface area contributed by atoms with Crippen molar-refractivity contribution in [2.45, 2.75) is 6.10 Å². The van der Waals surface area contributed by atoms with Gasteiger partial charge in [0.25, 0.3) is 0 Å². The van der Waals surface area contributed by atoms with E-state index in [1.165, 1.54) is 0 Å². The van der Waals surface area contributed by atoms with Gasteiger partial charge >= 0.3 is 0 Å². The predicted octanol–water partition coefficient (Wildman–Crippen LogP) is 0.190. The van der Waals surface area contributed by atoms with Crippen molar-refractivity contribution in [2.75, 3.05) is 52.9 Å². The molecule has 1 saturated heterocycles. The number of benzene rings is 1. The maximum absolute atomic E-state index is 12.0. The molecule has 0 aliphatic carbocycles. The van der Waals surface area contributed by atoms with Crippen molar-refractivity contribution in [3.63, 3.8) is 0 Å². The van der Waals surface area contributed by atoms with E-state index >= 15 is 0 Å². The van der Waals surface area contributed by atoms with Crippen molar-refractivity contribution in [3.8, 4) is 11.5 Å². The Bertz CT molecular complexity index is 515. The zero-order chi connectivity index (χ0) is 15.4. The Balaban J connectivity index is 1.40. The molecule has 6 heteroatoms. The third-order valence-corrected chi connectivity index (χ3v) is 4.06. The van der Waals surface area contributed by atoms with Crippen LogP contribution in [0.15, 0.2) is 24.3 Å². The second-order valence-corrected chi connectivity index (χ2v) is 5.88. The summed E-state index contributed by atoms with van der Waals surface area (Å²) < 4.78 is 11.5. The summed E-state index contributed by atoms with van der Waals surface area (Å²) in [5.74, 6) is 1.56. The number of ether oxygens (including phenoxy) is 2. The van der Waals surface area contributed by atoms with E-state index in [-0.39, 0.29) is 12.0 Å². The molecule has 2 aliphatic rings. The zero-order valence-electron chi connectivity index (χ0n) is 13.0. The van der Waals surface area contributed by atoms with Crippen LogP contribution in [0.25, 0.3) is 0 Å². The van der Waals surface area contributed by atoms with Gasteiger partial charge in [0.15, 0.2) is 11.5 Å². The Morgan fingerprint density at radius 3 is 2.73 bits per heavy atom. The van der Waals surface area contributed by atoms with Crippen LogP contribution in [0.2, 0.25) is 0 Å².